The molecule has 1 aliphatic rings. The SMILES string of the molecule is O=C(CN(Cc1ccco1)Cc1nc(C2CC2)no1)Nc1ccccc1. The van der Waals surface area contributed by atoms with Crippen molar-refractivity contribution >= 4 is 11.6 Å². The third-order valence-electron chi connectivity index (χ3n) is 4.17. The van der Waals surface area contributed by atoms with Crippen LogP contribution in [-0.4, -0.2) is 27.5 Å². The van der Waals surface area contributed by atoms with Crippen LogP contribution in [0.25, 0.3) is 0 Å². The number of hydrogen-bond acceptors (Lipinski definition) is 6. The van der Waals surface area contributed by atoms with Gasteiger partial charge >= 0.3 is 0 Å². The Morgan fingerprint density at radius 1 is 1.15 bits per heavy atom. The van der Waals surface area contributed by atoms with Gasteiger partial charge in [-0.15, -0.1) is 0 Å². The fourth-order valence-corrected chi connectivity index (χ4v) is 2.75. The zero-order valence-corrected chi connectivity index (χ0v) is 14.3. The number of aromatic nitrogens is 2. The van der Waals surface area contributed by atoms with Crippen molar-refractivity contribution in [3.8, 4) is 0 Å². The van der Waals surface area contributed by atoms with Crippen LogP contribution in [0.5, 0.6) is 0 Å². The first-order valence-electron chi connectivity index (χ1n) is 8.68. The lowest BCUT2D eigenvalue weighted by Gasteiger charge is -2.18. The molecular formula is C19H20N4O3. The fraction of sp³-hybridized carbons (Fsp3) is 0.316. The molecule has 2 heterocycles. The first kappa shape index (κ1) is 16.5. The van der Waals surface area contributed by atoms with Gasteiger partial charge < -0.3 is 14.3 Å². The van der Waals surface area contributed by atoms with E-state index in [0.717, 1.165) is 30.1 Å². The number of rotatable bonds is 8. The highest BCUT2D eigenvalue weighted by molar-refractivity contribution is 5.92. The number of anilines is 1. The summed E-state index contributed by atoms with van der Waals surface area (Å²) in [5, 5.41) is 6.93. The highest BCUT2D eigenvalue weighted by Crippen LogP contribution is 2.38. The van der Waals surface area contributed by atoms with Crippen LogP contribution < -0.4 is 5.32 Å². The average molecular weight is 352 g/mol. The zero-order valence-electron chi connectivity index (χ0n) is 14.3. The van der Waals surface area contributed by atoms with Crippen LogP contribution >= 0.6 is 0 Å². The average Bonchev–Trinajstić information content (AvgIpc) is 3.16. The predicted molar refractivity (Wildman–Crippen MR) is 94.2 cm³/mol. The zero-order chi connectivity index (χ0) is 17.8. The second-order valence-corrected chi connectivity index (χ2v) is 6.46. The van der Waals surface area contributed by atoms with E-state index in [9.17, 15) is 4.79 Å². The lowest BCUT2D eigenvalue weighted by Crippen LogP contribution is -2.32. The van der Waals surface area contributed by atoms with Gasteiger partial charge in [0.05, 0.1) is 25.9 Å². The van der Waals surface area contributed by atoms with Crippen LogP contribution in [0.4, 0.5) is 5.69 Å². The van der Waals surface area contributed by atoms with Gasteiger partial charge in [0.2, 0.25) is 11.8 Å². The summed E-state index contributed by atoms with van der Waals surface area (Å²) >= 11 is 0. The van der Waals surface area contributed by atoms with Gasteiger partial charge in [-0.25, -0.2) is 0 Å². The van der Waals surface area contributed by atoms with Gasteiger partial charge in [0, 0.05) is 11.6 Å². The maximum Gasteiger partial charge on any atom is 0.240 e. The van der Waals surface area contributed by atoms with Crippen molar-refractivity contribution in [3.63, 3.8) is 0 Å². The summed E-state index contributed by atoms with van der Waals surface area (Å²) in [4.78, 5) is 18.8. The Morgan fingerprint density at radius 3 is 2.73 bits per heavy atom. The summed E-state index contributed by atoms with van der Waals surface area (Å²) in [5.74, 6) is 2.40. The van der Waals surface area contributed by atoms with E-state index in [1.165, 1.54) is 0 Å². The molecule has 1 fully saturated rings. The van der Waals surface area contributed by atoms with E-state index in [2.05, 4.69) is 15.5 Å². The van der Waals surface area contributed by atoms with Crippen molar-refractivity contribution in [1.29, 1.82) is 0 Å². The number of carbonyl (C=O) groups excluding carboxylic acids is 1. The van der Waals surface area contributed by atoms with E-state index in [4.69, 9.17) is 8.94 Å². The van der Waals surface area contributed by atoms with Crippen LogP contribution in [0.1, 0.15) is 36.2 Å². The summed E-state index contributed by atoms with van der Waals surface area (Å²) in [6, 6.07) is 13.1. The first-order chi connectivity index (χ1) is 12.8. The monoisotopic (exact) mass is 352 g/mol. The summed E-state index contributed by atoms with van der Waals surface area (Å²) in [6.45, 7) is 1.07. The second kappa shape index (κ2) is 7.53. The fourth-order valence-electron chi connectivity index (χ4n) is 2.75. The van der Waals surface area contributed by atoms with Crippen LogP contribution in [0.2, 0.25) is 0 Å². The molecule has 0 spiro atoms. The molecule has 2 aromatic heterocycles. The predicted octanol–water partition coefficient (Wildman–Crippen LogP) is 3.18. The minimum absolute atomic E-state index is 0.107. The summed E-state index contributed by atoms with van der Waals surface area (Å²) in [7, 11) is 0. The van der Waals surface area contributed by atoms with Crippen molar-refractivity contribution in [2.45, 2.75) is 31.8 Å². The number of para-hydroxylation sites is 1. The molecule has 0 saturated heterocycles. The molecule has 0 radical (unpaired) electrons. The van der Waals surface area contributed by atoms with Gasteiger partial charge in [-0.05, 0) is 37.1 Å². The molecule has 134 valence electrons. The summed E-state index contributed by atoms with van der Waals surface area (Å²) in [6.07, 6.45) is 3.86. The molecule has 1 aromatic carbocycles. The number of carbonyl (C=O) groups is 1. The van der Waals surface area contributed by atoms with Gasteiger partial charge in [-0.2, -0.15) is 4.98 Å². The molecule has 0 aliphatic heterocycles. The van der Waals surface area contributed by atoms with E-state index >= 15 is 0 Å². The standard InChI is InChI=1S/C19H20N4O3/c24-17(20-15-5-2-1-3-6-15)12-23(11-16-7-4-10-25-16)13-18-21-19(22-26-18)14-8-9-14/h1-7,10,14H,8-9,11-13H2,(H,20,24). The Balaban J connectivity index is 1.42. The topological polar surface area (TPSA) is 84.4 Å². The number of hydrogen-bond donors (Lipinski definition) is 1. The van der Waals surface area contributed by atoms with E-state index in [1.807, 2.05) is 47.4 Å². The summed E-state index contributed by atoms with van der Waals surface area (Å²) < 4.78 is 10.8. The molecule has 0 atom stereocenters. The maximum atomic E-state index is 12.4. The van der Waals surface area contributed by atoms with Crippen LogP contribution in [0.15, 0.2) is 57.7 Å². The minimum atomic E-state index is -0.107. The van der Waals surface area contributed by atoms with Gasteiger partial charge in [0.15, 0.2) is 5.82 Å². The van der Waals surface area contributed by atoms with Crippen molar-refractivity contribution < 1.29 is 13.7 Å². The van der Waals surface area contributed by atoms with Crippen LogP contribution in [0.3, 0.4) is 0 Å². The van der Waals surface area contributed by atoms with Gasteiger partial charge in [0.25, 0.3) is 0 Å². The van der Waals surface area contributed by atoms with Gasteiger partial charge in [0.1, 0.15) is 5.76 Å². The highest BCUT2D eigenvalue weighted by atomic mass is 16.5. The Labute approximate surface area is 151 Å². The van der Waals surface area contributed by atoms with Crippen LogP contribution in [0, 0.1) is 0 Å². The molecule has 1 saturated carbocycles. The molecule has 26 heavy (non-hydrogen) atoms. The molecule has 4 rings (SSSR count). The molecule has 0 unspecified atom stereocenters. The molecular weight excluding hydrogens is 332 g/mol. The molecule has 0 bridgehead atoms. The van der Waals surface area contributed by atoms with Crippen LogP contribution in [-0.2, 0) is 17.9 Å². The van der Waals surface area contributed by atoms with Crippen molar-refractivity contribution in [2.75, 3.05) is 11.9 Å². The van der Waals surface area contributed by atoms with Crippen molar-refractivity contribution in [1.82, 2.24) is 15.0 Å². The Kier molecular flexibility index (Phi) is 4.79. The molecule has 1 amide bonds. The van der Waals surface area contributed by atoms with Gasteiger partial charge in [-0.3, -0.25) is 9.69 Å². The third-order valence-corrected chi connectivity index (χ3v) is 4.17. The number of benzene rings is 1. The van der Waals surface area contributed by atoms with Crippen molar-refractivity contribution in [2.24, 2.45) is 0 Å². The van der Waals surface area contributed by atoms with E-state index in [1.54, 1.807) is 6.26 Å². The Hall–Kier alpha value is -2.93. The lowest BCUT2D eigenvalue weighted by atomic mass is 10.3. The van der Waals surface area contributed by atoms with E-state index in [0.29, 0.717) is 24.9 Å². The number of nitrogens with one attached hydrogen (secondary N) is 1. The molecule has 7 heteroatoms. The quantitative estimate of drug-likeness (QED) is 0.670. The third kappa shape index (κ3) is 4.37. The molecule has 1 N–H and O–H groups in total. The lowest BCUT2D eigenvalue weighted by molar-refractivity contribution is -0.117. The van der Waals surface area contributed by atoms with Crippen molar-refractivity contribution in [3.05, 3.63) is 66.2 Å². The normalized spacial score (nSPS) is 13.9. The number of amides is 1. The maximum absolute atomic E-state index is 12.4. The molecule has 3 aromatic rings. The number of furan rings is 1. The Bertz CT molecular complexity index is 841. The first-order valence-corrected chi connectivity index (χ1v) is 8.68. The largest absolute Gasteiger partial charge is 0.468 e. The molecule has 1 aliphatic carbocycles. The van der Waals surface area contributed by atoms with E-state index < -0.39 is 0 Å². The minimum Gasteiger partial charge on any atom is -0.468 e. The Morgan fingerprint density at radius 2 is 2.00 bits per heavy atom. The van der Waals surface area contributed by atoms with Gasteiger partial charge in [-0.1, -0.05) is 23.4 Å². The second-order valence-electron chi connectivity index (χ2n) is 6.46. The highest BCUT2D eigenvalue weighted by Gasteiger charge is 2.29. The summed E-state index contributed by atoms with van der Waals surface area (Å²) in [5.41, 5.74) is 0.768. The molecule has 7 nitrogen and oxygen atoms in total. The smallest absolute Gasteiger partial charge is 0.240 e. The van der Waals surface area contributed by atoms with E-state index in [-0.39, 0.29) is 12.5 Å². The number of nitrogens with zero attached hydrogens (tertiary/aromatic N) is 3.